The summed E-state index contributed by atoms with van der Waals surface area (Å²) in [5, 5.41) is 9.19. The number of nitrogens with zero attached hydrogens (tertiary/aromatic N) is 2. The van der Waals surface area contributed by atoms with Crippen LogP contribution < -0.4 is 0 Å². The van der Waals surface area contributed by atoms with Crippen LogP contribution in [0.5, 0.6) is 0 Å². The zero-order valence-corrected chi connectivity index (χ0v) is 12.1. The minimum Gasteiger partial charge on any atom is -0.480 e. The number of aliphatic carboxylic acids is 1. The Bertz CT molecular complexity index is 405. The smallest absolute Gasteiger partial charge is 0.323 e. The third-order valence-electron chi connectivity index (χ3n) is 4.06. The summed E-state index contributed by atoms with van der Waals surface area (Å²) in [6.07, 6.45) is 0.743. The summed E-state index contributed by atoms with van der Waals surface area (Å²) in [6.45, 7) is 6.78. The van der Waals surface area contributed by atoms with E-state index < -0.39 is 17.6 Å². The lowest BCUT2D eigenvalue weighted by atomic mass is 10.0. The van der Waals surface area contributed by atoms with Gasteiger partial charge in [0.15, 0.2) is 0 Å². The first-order chi connectivity index (χ1) is 8.64. The van der Waals surface area contributed by atoms with Crippen LogP contribution in [-0.2, 0) is 14.4 Å². The monoisotopic (exact) mass is 270 g/mol. The summed E-state index contributed by atoms with van der Waals surface area (Å²) in [7, 11) is 1.57. The quantitative estimate of drug-likeness (QED) is 0.744. The van der Waals surface area contributed by atoms with Crippen molar-refractivity contribution in [3.8, 4) is 0 Å². The normalized spacial score (nSPS) is 22.2. The van der Waals surface area contributed by atoms with E-state index in [9.17, 15) is 19.5 Å². The maximum Gasteiger partial charge on any atom is 0.323 e. The first-order valence-electron chi connectivity index (χ1n) is 6.46. The Morgan fingerprint density at radius 1 is 1.53 bits per heavy atom. The standard InChI is InChI=1S/C13H22N2O4/c1-6-8(2)15-10(16)7-9(11(15)17)14(5)13(3,4)12(18)19/h8-9H,6-7H2,1-5H3,(H,18,19). The largest absolute Gasteiger partial charge is 0.480 e. The van der Waals surface area contributed by atoms with Crippen molar-refractivity contribution in [2.45, 2.75) is 58.2 Å². The van der Waals surface area contributed by atoms with Crippen molar-refractivity contribution in [1.82, 2.24) is 9.80 Å². The summed E-state index contributed by atoms with van der Waals surface area (Å²) >= 11 is 0. The molecular formula is C13H22N2O4. The highest BCUT2D eigenvalue weighted by Crippen LogP contribution is 2.26. The van der Waals surface area contributed by atoms with Crippen LogP contribution in [0.25, 0.3) is 0 Å². The molecule has 19 heavy (non-hydrogen) atoms. The van der Waals surface area contributed by atoms with Gasteiger partial charge in [0, 0.05) is 6.04 Å². The van der Waals surface area contributed by atoms with Crippen molar-refractivity contribution in [3.05, 3.63) is 0 Å². The van der Waals surface area contributed by atoms with E-state index in [4.69, 9.17) is 0 Å². The highest BCUT2D eigenvalue weighted by atomic mass is 16.4. The zero-order chi connectivity index (χ0) is 15.0. The molecule has 0 aromatic heterocycles. The number of hydrogen-bond donors (Lipinski definition) is 1. The number of likely N-dealkylation sites (tertiary alicyclic amines) is 1. The van der Waals surface area contributed by atoms with Crippen molar-refractivity contribution < 1.29 is 19.5 Å². The van der Waals surface area contributed by atoms with Gasteiger partial charge < -0.3 is 5.11 Å². The molecule has 0 saturated carbocycles. The fraction of sp³-hybridized carbons (Fsp3) is 0.769. The maximum atomic E-state index is 12.3. The minimum absolute atomic E-state index is 0.0520. The van der Waals surface area contributed by atoms with E-state index >= 15 is 0 Å². The lowest BCUT2D eigenvalue weighted by molar-refractivity contribution is -0.151. The van der Waals surface area contributed by atoms with E-state index in [1.54, 1.807) is 7.05 Å². The van der Waals surface area contributed by atoms with E-state index in [2.05, 4.69) is 0 Å². The number of carboxylic acid groups (broad SMARTS) is 1. The summed E-state index contributed by atoms with van der Waals surface area (Å²) in [5.41, 5.74) is -1.19. The Hall–Kier alpha value is -1.43. The van der Waals surface area contributed by atoms with Gasteiger partial charge in [-0.3, -0.25) is 24.2 Å². The lowest BCUT2D eigenvalue weighted by Gasteiger charge is -2.35. The number of rotatable bonds is 5. The van der Waals surface area contributed by atoms with Crippen LogP contribution in [0, 0.1) is 0 Å². The van der Waals surface area contributed by atoms with Crippen molar-refractivity contribution >= 4 is 17.8 Å². The highest BCUT2D eigenvalue weighted by Gasteiger charge is 2.47. The predicted octanol–water partition coefficient (Wildman–Crippen LogP) is 0.707. The molecule has 6 heteroatoms. The summed E-state index contributed by atoms with van der Waals surface area (Å²) in [5.74, 6) is -1.54. The van der Waals surface area contributed by atoms with Crippen molar-refractivity contribution in [1.29, 1.82) is 0 Å². The number of amides is 2. The fourth-order valence-corrected chi connectivity index (χ4v) is 2.12. The van der Waals surface area contributed by atoms with Crippen LogP contribution >= 0.6 is 0 Å². The third-order valence-corrected chi connectivity index (χ3v) is 4.06. The topological polar surface area (TPSA) is 77.9 Å². The van der Waals surface area contributed by atoms with Gasteiger partial charge in [0.05, 0.1) is 12.5 Å². The van der Waals surface area contributed by atoms with Crippen molar-refractivity contribution in [3.63, 3.8) is 0 Å². The Morgan fingerprint density at radius 3 is 2.47 bits per heavy atom. The van der Waals surface area contributed by atoms with E-state index in [1.165, 1.54) is 23.6 Å². The second-order valence-corrected chi connectivity index (χ2v) is 5.55. The molecule has 0 aliphatic carbocycles. The molecule has 1 rings (SSSR count). The van der Waals surface area contributed by atoms with Crippen LogP contribution in [0.15, 0.2) is 0 Å². The van der Waals surface area contributed by atoms with Gasteiger partial charge in [0.25, 0.3) is 0 Å². The zero-order valence-electron chi connectivity index (χ0n) is 12.1. The molecule has 1 fully saturated rings. The molecule has 6 nitrogen and oxygen atoms in total. The fourth-order valence-electron chi connectivity index (χ4n) is 2.12. The average Bonchev–Trinajstić information content (AvgIpc) is 2.62. The molecular weight excluding hydrogens is 248 g/mol. The van der Waals surface area contributed by atoms with E-state index in [-0.39, 0.29) is 24.3 Å². The Kier molecular flexibility index (Phi) is 4.35. The molecule has 1 aliphatic heterocycles. The Morgan fingerprint density at radius 2 is 2.05 bits per heavy atom. The summed E-state index contributed by atoms with van der Waals surface area (Å²) in [4.78, 5) is 38.2. The van der Waals surface area contributed by atoms with Crippen LogP contribution in [0.2, 0.25) is 0 Å². The van der Waals surface area contributed by atoms with Crippen LogP contribution in [0.1, 0.15) is 40.5 Å². The van der Waals surface area contributed by atoms with Gasteiger partial charge in [-0.25, -0.2) is 0 Å². The van der Waals surface area contributed by atoms with Gasteiger partial charge in [-0.2, -0.15) is 0 Å². The summed E-state index contributed by atoms with van der Waals surface area (Å²) < 4.78 is 0. The van der Waals surface area contributed by atoms with E-state index in [0.29, 0.717) is 6.42 Å². The van der Waals surface area contributed by atoms with Crippen molar-refractivity contribution in [2.75, 3.05) is 7.05 Å². The molecule has 0 spiro atoms. The molecule has 2 amide bonds. The average molecular weight is 270 g/mol. The number of likely N-dealkylation sites (N-methyl/N-ethyl adjacent to an activating group) is 1. The molecule has 1 aliphatic rings. The lowest BCUT2D eigenvalue weighted by Crippen LogP contribution is -2.55. The van der Waals surface area contributed by atoms with Crippen LogP contribution in [0.4, 0.5) is 0 Å². The first-order valence-corrected chi connectivity index (χ1v) is 6.46. The van der Waals surface area contributed by atoms with Gasteiger partial charge in [0.1, 0.15) is 5.54 Å². The minimum atomic E-state index is -1.19. The maximum absolute atomic E-state index is 12.3. The second-order valence-electron chi connectivity index (χ2n) is 5.55. The third kappa shape index (κ3) is 2.63. The molecule has 1 heterocycles. The number of carbonyl (C=O) groups excluding carboxylic acids is 2. The van der Waals surface area contributed by atoms with Gasteiger partial charge in [-0.15, -0.1) is 0 Å². The molecule has 0 aromatic rings. The molecule has 108 valence electrons. The van der Waals surface area contributed by atoms with Crippen LogP contribution in [0.3, 0.4) is 0 Å². The number of carbonyl (C=O) groups is 3. The molecule has 0 radical (unpaired) electrons. The summed E-state index contributed by atoms with van der Waals surface area (Å²) in [6, 6.07) is -0.834. The van der Waals surface area contributed by atoms with Gasteiger partial charge in [-0.05, 0) is 34.2 Å². The Balaban J connectivity index is 2.97. The van der Waals surface area contributed by atoms with Crippen LogP contribution in [-0.4, -0.2) is 57.4 Å². The molecule has 1 N–H and O–H groups in total. The molecule has 0 aromatic carbocycles. The number of hydrogen-bond acceptors (Lipinski definition) is 4. The predicted molar refractivity (Wildman–Crippen MR) is 69.5 cm³/mol. The van der Waals surface area contributed by atoms with E-state index in [1.807, 2.05) is 13.8 Å². The Labute approximate surface area is 113 Å². The van der Waals surface area contributed by atoms with Crippen molar-refractivity contribution in [2.24, 2.45) is 0 Å². The first kappa shape index (κ1) is 15.6. The number of carboxylic acids is 1. The SMILES string of the molecule is CCC(C)N1C(=O)CC(N(C)C(C)(C)C(=O)O)C1=O. The molecule has 2 atom stereocenters. The van der Waals surface area contributed by atoms with Gasteiger partial charge >= 0.3 is 5.97 Å². The van der Waals surface area contributed by atoms with Gasteiger partial charge in [-0.1, -0.05) is 6.92 Å². The number of imide groups is 1. The second kappa shape index (κ2) is 5.28. The molecule has 2 unspecified atom stereocenters. The molecule has 1 saturated heterocycles. The van der Waals surface area contributed by atoms with Gasteiger partial charge in [0.2, 0.25) is 11.8 Å². The highest BCUT2D eigenvalue weighted by molar-refractivity contribution is 6.06. The molecule has 0 bridgehead atoms. The van der Waals surface area contributed by atoms with E-state index in [0.717, 1.165) is 0 Å².